The maximum Gasteiger partial charge on any atom is 0.223 e. The largest absolute Gasteiger partial charge is 0.312 e. The van der Waals surface area contributed by atoms with Crippen molar-refractivity contribution in [1.82, 2.24) is 14.8 Å². The van der Waals surface area contributed by atoms with Crippen molar-refractivity contribution >= 4 is 29.1 Å². The molecule has 0 aliphatic carbocycles. The minimum absolute atomic E-state index is 0.0302. The van der Waals surface area contributed by atoms with Crippen LogP contribution >= 0.6 is 11.8 Å². The second kappa shape index (κ2) is 8.07. The summed E-state index contributed by atoms with van der Waals surface area (Å²) in [6.45, 7) is 8.09. The lowest BCUT2D eigenvalue weighted by atomic mass is 10.0. The number of hydrogen-bond acceptors (Lipinski definition) is 5. The van der Waals surface area contributed by atoms with Crippen molar-refractivity contribution in [1.29, 1.82) is 0 Å². The van der Waals surface area contributed by atoms with Crippen molar-refractivity contribution in [3.63, 3.8) is 0 Å². The second-order valence-electron chi connectivity index (χ2n) is 7.59. The Morgan fingerprint density at radius 2 is 1.90 bits per heavy atom. The molecule has 2 heterocycles. The molecule has 0 saturated heterocycles. The molecular formula is C23H24N4O2S. The van der Waals surface area contributed by atoms with Gasteiger partial charge in [0.05, 0.1) is 5.25 Å². The number of thioether (sulfide) groups is 1. The molecule has 0 spiro atoms. The molecule has 1 aliphatic heterocycles. The number of fused-ring (bicyclic) bond motifs is 1. The van der Waals surface area contributed by atoms with Gasteiger partial charge in [-0.2, -0.15) is 0 Å². The first-order valence-electron chi connectivity index (χ1n) is 9.96. The summed E-state index contributed by atoms with van der Waals surface area (Å²) in [5.41, 5.74) is 4.76. The summed E-state index contributed by atoms with van der Waals surface area (Å²) in [4.78, 5) is 26.6. The fourth-order valence-electron chi connectivity index (χ4n) is 3.81. The Hall–Kier alpha value is -2.93. The molecule has 1 amide bonds. The number of Topliss-reactive ketones (excluding diaryl/α,β-unsaturated/α-hetero) is 1. The number of aromatic nitrogens is 3. The van der Waals surface area contributed by atoms with Crippen LogP contribution in [0.3, 0.4) is 0 Å². The topological polar surface area (TPSA) is 68.1 Å². The van der Waals surface area contributed by atoms with E-state index >= 15 is 0 Å². The molecule has 2 aromatic carbocycles. The zero-order valence-corrected chi connectivity index (χ0v) is 18.4. The van der Waals surface area contributed by atoms with Gasteiger partial charge in [-0.15, -0.1) is 10.2 Å². The lowest BCUT2D eigenvalue weighted by Gasteiger charge is -2.16. The van der Waals surface area contributed by atoms with Gasteiger partial charge in [0.15, 0.2) is 10.9 Å². The highest BCUT2D eigenvalue weighted by atomic mass is 32.2. The fourth-order valence-corrected chi connectivity index (χ4v) is 4.80. The van der Waals surface area contributed by atoms with Crippen molar-refractivity contribution in [3.05, 3.63) is 65.0 Å². The Bertz CT molecular complexity index is 1140. The number of amides is 1. The molecule has 0 saturated carbocycles. The SMILES string of the molecule is CC(=O)N1CCc2cc(C(=O)C(C)Sc3nnc(C)n3-c3cccc(C)c3)ccc21. The highest BCUT2D eigenvalue weighted by molar-refractivity contribution is 8.00. The molecule has 0 fully saturated rings. The summed E-state index contributed by atoms with van der Waals surface area (Å²) in [6, 6.07) is 13.8. The minimum atomic E-state index is -0.319. The van der Waals surface area contributed by atoms with Crippen LogP contribution in [0.15, 0.2) is 47.6 Å². The number of nitrogens with zero attached hydrogens (tertiary/aromatic N) is 4. The van der Waals surface area contributed by atoms with E-state index in [2.05, 4.69) is 16.3 Å². The van der Waals surface area contributed by atoms with E-state index in [0.29, 0.717) is 17.3 Å². The molecule has 3 aromatic rings. The predicted molar refractivity (Wildman–Crippen MR) is 119 cm³/mol. The number of rotatable bonds is 5. The van der Waals surface area contributed by atoms with Gasteiger partial charge in [0.25, 0.3) is 0 Å². The van der Waals surface area contributed by atoms with E-state index in [4.69, 9.17) is 0 Å². The van der Waals surface area contributed by atoms with Crippen molar-refractivity contribution in [2.75, 3.05) is 11.4 Å². The molecule has 1 aromatic heterocycles. The zero-order chi connectivity index (χ0) is 21.4. The first-order valence-corrected chi connectivity index (χ1v) is 10.8. The van der Waals surface area contributed by atoms with E-state index in [1.165, 1.54) is 11.8 Å². The summed E-state index contributed by atoms with van der Waals surface area (Å²) in [7, 11) is 0. The lowest BCUT2D eigenvalue weighted by Crippen LogP contribution is -2.25. The number of carbonyl (C=O) groups is 2. The first kappa shape index (κ1) is 20.3. The summed E-state index contributed by atoms with van der Waals surface area (Å²) >= 11 is 1.41. The van der Waals surface area contributed by atoms with Crippen LogP contribution in [0.1, 0.15) is 41.2 Å². The highest BCUT2D eigenvalue weighted by Crippen LogP contribution is 2.32. The summed E-state index contributed by atoms with van der Waals surface area (Å²) < 4.78 is 1.98. The van der Waals surface area contributed by atoms with Gasteiger partial charge in [0.1, 0.15) is 5.82 Å². The van der Waals surface area contributed by atoms with Crippen molar-refractivity contribution in [3.8, 4) is 5.69 Å². The van der Waals surface area contributed by atoms with Gasteiger partial charge in [0, 0.05) is 30.4 Å². The quantitative estimate of drug-likeness (QED) is 0.458. The van der Waals surface area contributed by atoms with Gasteiger partial charge < -0.3 is 4.90 Å². The molecule has 154 valence electrons. The standard InChI is InChI=1S/C23H24N4O2S/c1-14-6-5-7-20(12-14)27-16(3)24-25-23(27)30-15(2)22(29)19-8-9-21-18(13-19)10-11-26(21)17(4)28/h5-9,12-13,15H,10-11H2,1-4H3. The van der Waals surface area contributed by atoms with E-state index < -0.39 is 0 Å². The number of hydrogen-bond donors (Lipinski definition) is 0. The van der Waals surface area contributed by atoms with Crippen LogP contribution in [-0.2, 0) is 11.2 Å². The van der Waals surface area contributed by atoms with E-state index in [1.54, 1.807) is 11.8 Å². The van der Waals surface area contributed by atoms with E-state index in [9.17, 15) is 9.59 Å². The monoisotopic (exact) mass is 420 g/mol. The number of carbonyl (C=O) groups excluding carboxylic acids is 2. The molecular weight excluding hydrogens is 396 g/mol. The second-order valence-corrected chi connectivity index (χ2v) is 8.90. The average Bonchev–Trinajstić information content (AvgIpc) is 3.30. The summed E-state index contributed by atoms with van der Waals surface area (Å²) in [5.74, 6) is 0.854. The molecule has 1 atom stereocenters. The van der Waals surface area contributed by atoms with E-state index in [-0.39, 0.29) is 16.9 Å². The van der Waals surface area contributed by atoms with Crippen LogP contribution in [0.4, 0.5) is 5.69 Å². The number of aryl methyl sites for hydroxylation is 2. The Morgan fingerprint density at radius 1 is 1.10 bits per heavy atom. The van der Waals surface area contributed by atoms with Crippen molar-refractivity contribution < 1.29 is 9.59 Å². The maximum absolute atomic E-state index is 13.1. The molecule has 4 rings (SSSR count). The zero-order valence-electron chi connectivity index (χ0n) is 17.5. The highest BCUT2D eigenvalue weighted by Gasteiger charge is 2.25. The van der Waals surface area contributed by atoms with Gasteiger partial charge in [-0.25, -0.2) is 0 Å². The van der Waals surface area contributed by atoms with Crippen LogP contribution in [0.2, 0.25) is 0 Å². The number of ketones is 1. The minimum Gasteiger partial charge on any atom is -0.312 e. The van der Waals surface area contributed by atoms with Crippen LogP contribution in [0.5, 0.6) is 0 Å². The molecule has 7 heteroatoms. The number of anilines is 1. The van der Waals surface area contributed by atoms with E-state index in [0.717, 1.165) is 34.7 Å². The summed E-state index contributed by atoms with van der Waals surface area (Å²) in [6.07, 6.45) is 0.776. The molecule has 1 unspecified atom stereocenters. The van der Waals surface area contributed by atoms with Crippen LogP contribution in [0.25, 0.3) is 5.69 Å². The third kappa shape index (κ3) is 3.77. The van der Waals surface area contributed by atoms with Crippen molar-refractivity contribution in [2.24, 2.45) is 0 Å². The third-order valence-corrected chi connectivity index (χ3v) is 6.39. The summed E-state index contributed by atoms with van der Waals surface area (Å²) in [5, 5.41) is 8.91. The molecule has 30 heavy (non-hydrogen) atoms. The third-order valence-electron chi connectivity index (χ3n) is 5.35. The maximum atomic E-state index is 13.1. The van der Waals surface area contributed by atoms with Gasteiger partial charge in [-0.3, -0.25) is 14.2 Å². The Kier molecular flexibility index (Phi) is 5.47. The van der Waals surface area contributed by atoms with Gasteiger partial charge >= 0.3 is 0 Å². The van der Waals surface area contributed by atoms with Crippen LogP contribution in [-0.4, -0.2) is 38.2 Å². The lowest BCUT2D eigenvalue weighted by molar-refractivity contribution is -0.116. The van der Waals surface area contributed by atoms with E-state index in [1.807, 2.05) is 61.7 Å². The Morgan fingerprint density at radius 3 is 2.63 bits per heavy atom. The van der Waals surface area contributed by atoms with Gasteiger partial charge in [-0.1, -0.05) is 23.9 Å². The normalized spacial score (nSPS) is 13.9. The molecule has 1 aliphatic rings. The fraction of sp³-hybridized carbons (Fsp3) is 0.304. The molecule has 0 radical (unpaired) electrons. The predicted octanol–water partition coefficient (Wildman–Crippen LogP) is 4.16. The average molecular weight is 421 g/mol. The van der Waals surface area contributed by atoms with Gasteiger partial charge in [0.2, 0.25) is 5.91 Å². The van der Waals surface area contributed by atoms with Gasteiger partial charge in [-0.05, 0) is 68.7 Å². The van der Waals surface area contributed by atoms with Crippen molar-refractivity contribution in [2.45, 2.75) is 44.5 Å². The number of benzene rings is 2. The first-order chi connectivity index (χ1) is 14.3. The molecule has 6 nitrogen and oxygen atoms in total. The van der Waals surface area contributed by atoms with Crippen LogP contribution < -0.4 is 4.90 Å². The molecule has 0 N–H and O–H groups in total. The van der Waals surface area contributed by atoms with Crippen LogP contribution in [0, 0.1) is 13.8 Å². The Balaban J connectivity index is 1.56. The molecule has 0 bridgehead atoms. The smallest absolute Gasteiger partial charge is 0.223 e. The Labute approximate surface area is 180 Å².